The molecule has 0 radical (unpaired) electrons. The smallest absolute Gasteiger partial charge is 0.117 e. The van der Waals surface area contributed by atoms with Crippen molar-refractivity contribution >= 4 is 11.4 Å². The average molecular weight is 281 g/mol. The van der Waals surface area contributed by atoms with Gasteiger partial charge in [-0.15, -0.1) is 0 Å². The molecular formula is C19H23NO. The zero-order valence-corrected chi connectivity index (χ0v) is 13.4. The first-order chi connectivity index (χ1) is 9.69. The van der Waals surface area contributed by atoms with E-state index in [1.807, 2.05) is 12.1 Å². The van der Waals surface area contributed by atoms with Crippen molar-refractivity contribution in [3.63, 3.8) is 0 Å². The zero-order valence-electron chi connectivity index (χ0n) is 13.4. The van der Waals surface area contributed by atoms with E-state index in [2.05, 4.69) is 58.1 Å². The number of phenols is 1. The molecule has 1 aliphatic rings. The van der Waals surface area contributed by atoms with Gasteiger partial charge in [0.2, 0.25) is 0 Å². The summed E-state index contributed by atoms with van der Waals surface area (Å²) in [5, 5.41) is 13.2. The number of benzene rings is 2. The summed E-state index contributed by atoms with van der Waals surface area (Å²) < 4.78 is 0. The molecule has 0 saturated heterocycles. The molecule has 21 heavy (non-hydrogen) atoms. The van der Waals surface area contributed by atoms with E-state index in [-0.39, 0.29) is 10.8 Å². The number of nitrogens with one attached hydrogen (secondary N) is 1. The van der Waals surface area contributed by atoms with Gasteiger partial charge in [0.25, 0.3) is 0 Å². The fraction of sp³-hybridized carbons (Fsp3) is 0.368. The van der Waals surface area contributed by atoms with Crippen LogP contribution in [0.5, 0.6) is 5.75 Å². The van der Waals surface area contributed by atoms with Crippen LogP contribution in [-0.4, -0.2) is 5.11 Å². The quantitative estimate of drug-likeness (QED) is 0.706. The number of anilines is 2. The Morgan fingerprint density at radius 2 is 1.48 bits per heavy atom. The van der Waals surface area contributed by atoms with Crippen LogP contribution in [0.4, 0.5) is 11.4 Å². The fourth-order valence-corrected chi connectivity index (χ4v) is 3.13. The van der Waals surface area contributed by atoms with Crippen molar-refractivity contribution in [3.8, 4) is 5.75 Å². The van der Waals surface area contributed by atoms with Gasteiger partial charge >= 0.3 is 0 Å². The highest BCUT2D eigenvalue weighted by molar-refractivity contribution is 5.77. The van der Waals surface area contributed by atoms with E-state index in [0.717, 1.165) is 11.4 Å². The highest BCUT2D eigenvalue weighted by Gasteiger charge is 2.33. The van der Waals surface area contributed by atoms with Crippen LogP contribution < -0.4 is 5.32 Å². The third kappa shape index (κ3) is 2.19. The molecule has 110 valence electrons. The molecule has 1 aliphatic heterocycles. The number of rotatable bonds is 0. The van der Waals surface area contributed by atoms with Crippen LogP contribution in [0.15, 0.2) is 36.4 Å². The standard InChI is InChI=1S/C19H23NO/c1-18(2,3)12-6-8-14-16(10-12)20-17-11-13(21)7-9-15(17)19(14,4)5/h6-11,20-21H,1-5H3. The number of aromatic hydroxyl groups is 1. The first kappa shape index (κ1) is 14.0. The van der Waals surface area contributed by atoms with E-state index in [0.29, 0.717) is 5.75 Å². The van der Waals surface area contributed by atoms with Crippen molar-refractivity contribution in [2.24, 2.45) is 0 Å². The molecule has 0 spiro atoms. The third-order valence-electron chi connectivity index (χ3n) is 4.50. The Labute approximate surface area is 126 Å². The minimum absolute atomic E-state index is 0.0694. The van der Waals surface area contributed by atoms with Crippen LogP contribution in [-0.2, 0) is 10.8 Å². The maximum Gasteiger partial charge on any atom is 0.117 e. The lowest BCUT2D eigenvalue weighted by Crippen LogP contribution is -2.26. The van der Waals surface area contributed by atoms with Crippen molar-refractivity contribution in [1.82, 2.24) is 0 Å². The van der Waals surface area contributed by atoms with Gasteiger partial charge in [0, 0.05) is 22.9 Å². The lowest BCUT2D eigenvalue weighted by molar-refractivity contribution is 0.474. The van der Waals surface area contributed by atoms with Gasteiger partial charge in [-0.05, 0) is 34.2 Å². The van der Waals surface area contributed by atoms with E-state index in [1.54, 1.807) is 6.07 Å². The van der Waals surface area contributed by atoms with Gasteiger partial charge in [0.15, 0.2) is 0 Å². The molecule has 1 heterocycles. The second-order valence-electron chi connectivity index (χ2n) is 7.49. The molecule has 0 aromatic heterocycles. The van der Waals surface area contributed by atoms with Gasteiger partial charge in [-0.3, -0.25) is 0 Å². The highest BCUT2D eigenvalue weighted by atomic mass is 16.3. The third-order valence-corrected chi connectivity index (χ3v) is 4.50. The maximum atomic E-state index is 9.75. The first-order valence-electron chi connectivity index (χ1n) is 7.45. The maximum absolute atomic E-state index is 9.75. The monoisotopic (exact) mass is 281 g/mol. The van der Waals surface area contributed by atoms with E-state index in [9.17, 15) is 5.11 Å². The minimum atomic E-state index is -0.0694. The van der Waals surface area contributed by atoms with Gasteiger partial charge in [0.1, 0.15) is 5.75 Å². The minimum Gasteiger partial charge on any atom is -0.508 e. The molecule has 2 aromatic rings. The topological polar surface area (TPSA) is 32.3 Å². The highest BCUT2D eigenvalue weighted by Crippen LogP contribution is 2.47. The Morgan fingerprint density at radius 3 is 2.10 bits per heavy atom. The molecule has 0 unspecified atom stereocenters. The van der Waals surface area contributed by atoms with Crippen molar-refractivity contribution < 1.29 is 5.11 Å². The lowest BCUT2D eigenvalue weighted by Gasteiger charge is -2.36. The van der Waals surface area contributed by atoms with Crippen LogP contribution in [0.3, 0.4) is 0 Å². The summed E-state index contributed by atoms with van der Waals surface area (Å²) in [6.45, 7) is 11.1. The van der Waals surface area contributed by atoms with Crippen molar-refractivity contribution in [2.45, 2.75) is 45.4 Å². The van der Waals surface area contributed by atoms with Gasteiger partial charge in [0.05, 0.1) is 0 Å². The van der Waals surface area contributed by atoms with Crippen LogP contribution in [0, 0.1) is 0 Å². The number of fused-ring (bicyclic) bond motifs is 2. The Morgan fingerprint density at radius 1 is 0.905 bits per heavy atom. The molecule has 0 atom stereocenters. The van der Waals surface area contributed by atoms with Crippen molar-refractivity contribution in [2.75, 3.05) is 5.32 Å². The molecule has 2 N–H and O–H groups in total. The molecule has 0 fully saturated rings. The summed E-state index contributed by atoms with van der Waals surface area (Å²) in [5.41, 5.74) is 6.03. The first-order valence-corrected chi connectivity index (χ1v) is 7.45. The summed E-state index contributed by atoms with van der Waals surface area (Å²) in [6, 6.07) is 12.3. The molecular weight excluding hydrogens is 258 g/mol. The van der Waals surface area contributed by atoms with E-state index in [4.69, 9.17) is 0 Å². The SMILES string of the molecule is CC(C)(C)c1ccc2c(c1)Nc1cc(O)ccc1C2(C)C. The van der Waals surface area contributed by atoms with Crippen molar-refractivity contribution in [1.29, 1.82) is 0 Å². The van der Waals surface area contributed by atoms with E-state index >= 15 is 0 Å². The average Bonchev–Trinajstić information content (AvgIpc) is 2.36. The largest absolute Gasteiger partial charge is 0.508 e. The Balaban J connectivity index is 2.18. The number of hydrogen-bond donors (Lipinski definition) is 2. The molecule has 2 aromatic carbocycles. The Kier molecular flexibility index (Phi) is 2.84. The molecule has 0 bridgehead atoms. The zero-order chi connectivity index (χ0) is 15.4. The molecule has 2 nitrogen and oxygen atoms in total. The second kappa shape index (κ2) is 4.27. The fourth-order valence-electron chi connectivity index (χ4n) is 3.13. The van der Waals surface area contributed by atoms with Gasteiger partial charge in [-0.1, -0.05) is 52.8 Å². The normalized spacial score (nSPS) is 15.9. The Bertz CT molecular complexity index is 708. The van der Waals surface area contributed by atoms with Crippen molar-refractivity contribution in [3.05, 3.63) is 53.1 Å². The summed E-state index contributed by atoms with van der Waals surface area (Å²) >= 11 is 0. The van der Waals surface area contributed by atoms with Gasteiger partial charge in [-0.2, -0.15) is 0 Å². The van der Waals surface area contributed by atoms with Crippen LogP contribution >= 0.6 is 0 Å². The molecule has 0 aliphatic carbocycles. The molecule has 0 saturated carbocycles. The summed E-state index contributed by atoms with van der Waals surface area (Å²) in [7, 11) is 0. The Hall–Kier alpha value is -1.96. The predicted octanol–water partition coefficient (Wildman–Crippen LogP) is 5.07. The second-order valence-corrected chi connectivity index (χ2v) is 7.49. The molecule has 2 heteroatoms. The number of phenolic OH excluding ortho intramolecular Hbond substituents is 1. The summed E-state index contributed by atoms with van der Waals surface area (Å²) in [4.78, 5) is 0. The van der Waals surface area contributed by atoms with E-state index < -0.39 is 0 Å². The summed E-state index contributed by atoms with van der Waals surface area (Å²) in [5.74, 6) is 0.299. The van der Waals surface area contributed by atoms with E-state index in [1.165, 1.54) is 16.7 Å². The van der Waals surface area contributed by atoms with Gasteiger partial charge in [-0.25, -0.2) is 0 Å². The lowest BCUT2D eigenvalue weighted by atomic mass is 9.73. The molecule has 3 rings (SSSR count). The molecule has 0 amide bonds. The van der Waals surface area contributed by atoms with Gasteiger partial charge < -0.3 is 10.4 Å². The predicted molar refractivity (Wildman–Crippen MR) is 88.7 cm³/mol. The van der Waals surface area contributed by atoms with Crippen LogP contribution in [0.2, 0.25) is 0 Å². The van der Waals surface area contributed by atoms with Crippen LogP contribution in [0.25, 0.3) is 0 Å². The summed E-state index contributed by atoms with van der Waals surface area (Å²) in [6.07, 6.45) is 0. The number of hydrogen-bond acceptors (Lipinski definition) is 2. The van der Waals surface area contributed by atoms with Crippen LogP contribution in [0.1, 0.15) is 51.3 Å².